The van der Waals surface area contributed by atoms with Gasteiger partial charge >= 0.3 is 0 Å². The van der Waals surface area contributed by atoms with Crippen LogP contribution in [0.3, 0.4) is 0 Å². The molecule has 2 atom stereocenters. The Morgan fingerprint density at radius 3 is 2.50 bits per heavy atom. The van der Waals surface area contributed by atoms with Crippen molar-refractivity contribution in [1.29, 1.82) is 0 Å². The Morgan fingerprint density at radius 1 is 1.13 bits per heavy atom. The highest BCUT2D eigenvalue weighted by Gasteiger charge is 2.22. The van der Waals surface area contributed by atoms with Gasteiger partial charge in [0.2, 0.25) is 0 Å². The van der Waals surface area contributed by atoms with E-state index in [-0.39, 0.29) is 17.9 Å². The van der Waals surface area contributed by atoms with Gasteiger partial charge in [-0.25, -0.2) is 0 Å². The molecule has 38 heavy (non-hydrogen) atoms. The molecule has 0 radical (unpaired) electrons. The molecule has 0 saturated carbocycles. The van der Waals surface area contributed by atoms with Gasteiger partial charge in [0.25, 0.3) is 5.91 Å². The number of benzene rings is 2. The van der Waals surface area contributed by atoms with Gasteiger partial charge in [0.05, 0.1) is 18.3 Å². The first kappa shape index (κ1) is 31.2. The van der Waals surface area contributed by atoms with E-state index in [2.05, 4.69) is 61.9 Å². The highest BCUT2D eigenvalue weighted by atomic mass is 16.5. The van der Waals surface area contributed by atoms with Crippen LogP contribution in [-0.4, -0.2) is 32.3 Å². The van der Waals surface area contributed by atoms with Crippen LogP contribution in [0.5, 0.6) is 0 Å². The highest BCUT2D eigenvalue weighted by molar-refractivity contribution is 6.19. The number of anilines is 1. The van der Waals surface area contributed by atoms with Crippen LogP contribution in [0.15, 0.2) is 83.0 Å². The van der Waals surface area contributed by atoms with Crippen molar-refractivity contribution in [2.45, 2.75) is 73.0 Å². The van der Waals surface area contributed by atoms with Gasteiger partial charge in [-0.05, 0) is 75.4 Å². The maximum Gasteiger partial charge on any atom is 0.259 e. The molecule has 0 heterocycles. The van der Waals surface area contributed by atoms with Gasteiger partial charge in [-0.3, -0.25) is 9.79 Å². The maximum atomic E-state index is 14.0. The molecule has 2 aromatic carbocycles. The van der Waals surface area contributed by atoms with Crippen molar-refractivity contribution in [3.8, 4) is 0 Å². The van der Waals surface area contributed by atoms with E-state index in [1.54, 1.807) is 6.21 Å². The Balaban J connectivity index is 2.34. The van der Waals surface area contributed by atoms with Crippen molar-refractivity contribution < 1.29 is 9.53 Å². The molecule has 206 valence electrons. The zero-order valence-electron chi connectivity index (χ0n) is 24.3. The summed E-state index contributed by atoms with van der Waals surface area (Å²) in [6, 6.07) is 18.5. The number of amides is 1. The molecular weight excluding hydrogens is 470 g/mol. The topological polar surface area (TPSA) is 53.9 Å². The van der Waals surface area contributed by atoms with Crippen molar-refractivity contribution >= 4 is 17.8 Å². The molecule has 2 aromatic rings. The fourth-order valence-corrected chi connectivity index (χ4v) is 4.16. The molecule has 0 aliphatic heterocycles. The number of hydrogen-bond donors (Lipinski definition) is 1. The number of nitrogens with one attached hydrogen (secondary N) is 1. The van der Waals surface area contributed by atoms with Crippen LogP contribution >= 0.6 is 0 Å². The second kappa shape index (κ2) is 16.7. The monoisotopic (exact) mass is 517 g/mol. The Kier molecular flexibility index (Phi) is 13.7. The molecular formula is C33H47N3O2. The highest BCUT2D eigenvalue weighted by Crippen LogP contribution is 2.26. The number of hydrogen-bond acceptors (Lipinski definition) is 4. The minimum Gasteiger partial charge on any atom is -0.369 e. The first-order valence-electron chi connectivity index (χ1n) is 14.0. The van der Waals surface area contributed by atoms with Crippen molar-refractivity contribution in [1.82, 2.24) is 5.32 Å². The predicted molar refractivity (Wildman–Crippen MR) is 162 cm³/mol. The summed E-state index contributed by atoms with van der Waals surface area (Å²) >= 11 is 0. The van der Waals surface area contributed by atoms with Crippen molar-refractivity contribution in [2.75, 3.05) is 25.0 Å². The van der Waals surface area contributed by atoms with Gasteiger partial charge < -0.3 is 15.0 Å². The molecule has 2 unspecified atom stereocenters. The van der Waals surface area contributed by atoms with E-state index in [9.17, 15) is 4.79 Å². The van der Waals surface area contributed by atoms with E-state index in [1.165, 1.54) is 5.56 Å². The first-order chi connectivity index (χ1) is 18.4. The molecule has 5 heteroatoms. The van der Waals surface area contributed by atoms with Crippen molar-refractivity contribution in [3.05, 3.63) is 89.1 Å². The zero-order valence-corrected chi connectivity index (χ0v) is 24.3. The normalized spacial score (nSPS) is 13.7. The van der Waals surface area contributed by atoms with E-state index >= 15 is 0 Å². The number of carbonyl (C=O) groups excluding carboxylic acids is 1. The molecule has 0 aromatic heterocycles. The Bertz CT molecular complexity index is 1070. The van der Waals surface area contributed by atoms with Gasteiger partial charge in [-0.1, -0.05) is 82.3 Å². The third-order valence-corrected chi connectivity index (χ3v) is 6.98. The molecule has 2 rings (SSSR count). The average Bonchev–Trinajstić information content (AvgIpc) is 2.95. The molecule has 0 aliphatic carbocycles. The Hall–Kier alpha value is -3.02. The quantitative estimate of drug-likeness (QED) is 0.184. The standard InChI is InChI=1S/C33H47N3O2/c1-8-21-36(33(37)31(23-35-26(5)10-3)27(6)25(4)9-2)30-18-14-15-28(22-30)24-38-32(19-20-34-7)29-16-12-11-13-17-29/h11-18,22-23,25,32,34H,5,8-10,19-21,24H2,1-4,6-7H3/b31-27+,35-23?. The van der Waals surface area contributed by atoms with Crippen LogP contribution < -0.4 is 10.2 Å². The molecule has 1 amide bonds. The summed E-state index contributed by atoms with van der Waals surface area (Å²) in [6.07, 6.45) is 5.16. The van der Waals surface area contributed by atoms with Crippen LogP contribution in [0.4, 0.5) is 5.69 Å². The van der Waals surface area contributed by atoms with E-state index in [0.717, 1.165) is 54.7 Å². The fourth-order valence-electron chi connectivity index (χ4n) is 4.16. The summed E-state index contributed by atoms with van der Waals surface area (Å²) in [4.78, 5) is 20.4. The van der Waals surface area contributed by atoms with E-state index in [4.69, 9.17) is 4.74 Å². The SMILES string of the molecule is C=C(CC)N=C/C(C(=O)N(CCC)c1cccc(COC(CCNC)c2ccccc2)c1)=C(/C)C(C)CC. The maximum absolute atomic E-state index is 14.0. The third kappa shape index (κ3) is 9.38. The van der Waals surface area contributed by atoms with Crippen molar-refractivity contribution in [3.63, 3.8) is 0 Å². The Morgan fingerprint density at radius 2 is 1.87 bits per heavy atom. The summed E-state index contributed by atoms with van der Waals surface area (Å²) in [5, 5.41) is 3.22. The molecule has 0 aliphatic rings. The lowest BCUT2D eigenvalue weighted by Crippen LogP contribution is -2.34. The van der Waals surface area contributed by atoms with Gasteiger partial charge in [-0.2, -0.15) is 0 Å². The van der Waals surface area contributed by atoms with Gasteiger partial charge in [0, 0.05) is 24.1 Å². The summed E-state index contributed by atoms with van der Waals surface area (Å²) in [5.74, 6) is 0.262. The number of carbonyl (C=O) groups is 1. The molecule has 0 saturated heterocycles. The van der Waals surface area contributed by atoms with E-state index < -0.39 is 0 Å². The van der Waals surface area contributed by atoms with Gasteiger partial charge in [0.15, 0.2) is 0 Å². The first-order valence-corrected chi connectivity index (χ1v) is 14.0. The van der Waals surface area contributed by atoms with E-state index in [1.807, 2.05) is 56.1 Å². The molecule has 5 nitrogen and oxygen atoms in total. The number of ether oxygens (including phenoxy) is 1. The minimum absolute atomic E-state index is 0.00345. The van der Waals surface area contributed by atoms with Crippen molar-refractivity contribution in [2.24, 2.45) is 10.9 Å². The van der Waals surface area contributed by atoms with E-state index in [0.29, 0.717) is 18.7 Å². The second-order valence-corrected chi connectivity index (χ2v) is 9.81. The largest absolute Gasteiger partial charge is 0.369 e. The minimum atomic E-state index is -0.0217. The van der Waals surface area contributed by atoms with Crippen LogP contribution in [0.1, 0.15) is 77.5 Å². The fraction of sp³-hybridized carbons (Fsp3) is 0.455. The number of aliphatic imine (C=N–C) groups is 1. The summed E-state index contributed by atoms with van der Waals surface area (Å²) in [7, 11) is 1.96. The molecule has 0 bridgehead atoms. The summed E-state index contributed by atoms with van der Waals surface area (Å²) < 4.78 is 6.40. The predicted octanol–water partition coefficient (Wildman–Crippen LogP) is 7.65. The Labute approximate surface area is 230 Å². The number of allylic oxidation sites excluding steroid dienone is 2. The van der Waals surface area contributed by atoms with Crippen LogP contribution in [0, 0.1) is 5.92 Å². The average molecular weight is 518 g/mol. The summed E-state index contributed by atoms with van der Waals surface area (Å²) in [5.41, 5.74) is 5.56. The van der Waals surface area contributed by atoms with Gasteiger partial charge in [0.1, 0.15) is 0 Å². The van der Waals surface area contributed by atoms with Crippen LogP contribution in [0.25, 0.3) is 0 Å². The molecule has 0 spiro atoms. The molecule has 1 N–H and O–H groups in total. The zero-order chi connectivity index (χ0) is 27.9. The number of nitrogens with zero attached hydrogens (tertiary/aromatic N) is 2. The number of rotatable bonds is 16. The lowest BCUT2D eigenvalue weighted by Gasteiger charge is -2.25. The summed E-state index contributed by atoms with van der Waals surface area (Å²) in [6.45, 7) is 16.4. The van der Waals surface area contributed by atoms with Crippen LogP contribution in [0.2, 0.25) is 0 Å². The smallest absolute Gasteiger partial charge is 0.259 e. The van der Waals surface area contributed by atoms with Gasteiger partial charge in [-0.15, -0.1) is 0 Å². The lowest BCUT2D eigenvalue weighted by molar-refractivity contribution is -0.114. The second-order valence-electron chi connectivity index (χ2n) is 9.81. The third-order valence-electron chi connectivity index (χ3n) is 6.98. The molecule has 0 fully saturated rings. The van der Waals surface area contributed by atoms with Crippen LogP contribution in [-0.2, 0) is 16.1 Å². The lowest BCUT2D eigenvalue weighted by atomic mass is 9.94.